The summed E-state index contributed by atoms with van der Waals surface area (Å²) in [6.45, 7) is 4.84. The van der Waals surface area contributed by atoms with E-state index >= 15 is 0 Å². The molecule has 5 nitrogen and oxygen atoms in total. The Kier molecular flexibility index (Phi) is 5.21. The second-order valence-corrected chi connectivity index (χ2v) is 5.77. The first-order chi connectivity index (χ1) is 11.3. The van der Waals surface area contributed by atoms with Crippen LogP contribution in [0.3, 0.4) is 0 Å². The fourth-order valence-corrected chi connectivity index (χ4v) is 2.74. The molecule has 1 saturated heterocycles. The first-order valence-electron chi connectivity index (χ1n) is 7.99. The van der Waals surface area contributed by atoms with Gasteiger partial charge in [0.2, 0.25) is 0 Å². The Bertz CT molecular complexity index is 609. The molecule has 23 heavy (non-hydrogen) atoms. The maximum absolute atomic E-state index is 12.2. The van der Waals surface area contributed by atoms with E-state index in [4.69, 9.17) is 0 Å². The molecular formula is C18H22N4O. The van der Waals surface area contributed by atoms with Gasteiger partial charge in [-0.15, -0.1) is 0 Å². The van der Waals surface area contributed by atoms with Crippen molar-refractivity contribution in [3.8, 4) is 0 Å². The second kappa shape index (κ2) is 7.74. The first kappa shape index (κ1) is 15.5. The molecule has 1 N–H and O–H groups in total. The number of nitrogens with one attached hydrogen (secondary N) is 1. The van der Waals surface area contributed by atoms with Crippen molar-refractivity contribution in [2.24, 2.45) is 0 Å². The summed E-state index contributed by atoms with van der Waals surface area (Å²) >= 11 is 0. The van der Waals surface area contributed by atoms with Gasteiger partial charge in [0, 0.05) is 51.7 Å². The zero-order chi connectivity index (χ0) is 15.9. The van der Waals surface area contributed by atoms with Gasteiger partial charge in [0.15, 0.2) is 0 Å². The molecule has 120 valence electrons. The number of pyridine rings is 1. The Labute approximate surface area is 136 Å². The van der Waals surface area contributed by atoms with Gasteiger partial charge >= 0.3 is 6.03 Å². The maximum Gasteiger partial charge on any atom is 0.317 e. The third-order valence-electron chi connectivity index (χ3n) is 4.08. The molecule has 0 unspecified atom stereocenters. The lowest BCUT2D eigenvalue weighted by Crippen LogP contribution is -2.51. The molecule has 0 aliphatic carbocycles. The number of amides is 2. The minimum absolute atomic E-state index is 0.00761. The standard InChI is InChI=1S/C18H22N4O/c23-18(20-14-17-7-4-8-19-13-17)22-11-9-21(10-12-22)15-16-5-2-1-3-6-16/h1-8,13H,9-12,14-15H2,(H,20,23). The van der Waals surface area contributed by atoms with E-state index < -0.39 is 0 Å². The predicted molar refractivity (Wildman–Crippen MR) is 89.8 cm³/mol. The number of benzene rings is 1. The van der Waals surface area contributed by atoms with Crippen LogP contribution in [0.25, 0.3) is 0 Å². The van der Waals surface area contributed by atoms with Gasteiger partial charge < -0.3 is 10.2 Å². The SMILES string of the molecule is O=C(NCc1cccnc1)N1CCN(Cc2ccccc2)CC1. The van der Waals surface area contributed by atoms with Crippen molar-refractivity contribution < 1.29 is 4.79 Å². The molecule has 1 aliphatic rings. The first-order valence-corrected chi connectivity index (χ1v) is 7.99. The van der Waals surface area contributed by atoms with Gasteiger partial charge in [-0.2, -0.15) is 0 Å². The van der Waals surface area contributed by atoms with Crippen LogP contribution in [0.2, 0.25) is 0 Å². The van der Waals surface area contributed by atoms with Crippen LogP contribution < -0.4 is 5.32 Å². The Balaban J connectivity index is 1.42. The highest BCUT2D eigenvalue weighted by molar-refractivity contribution is 5.74. The summed E-state index contributed by atoms with van der Waals surface area (Å²) in [6.07, 6.45) is 3.51. The highest BCUT2D eigenvalue weighted by atomic mass is 16.2. The van der Waals surface area contributed by atoms with Crippen LogP contribution in [-0.4, -0.2) is 47.0 Å². The molecule has 1 aromatic heterocycles. The number of piperazine rings is 1. The molecule has 0 spiro atoms. The number of carbonyl (C=O) groups is 1. The summed E-state index contributed by atoms with van der Waals surface area (Å²) in [5.74, 6) is 0. The zero-order valence-electron chi connectivity index (χ0n) is 13.2. The molecular weight excluding hydrogens is 288 g/mol. The van der Waals surface area contributed by atoms with Crippen molar-refractivity contribution in [3.63, 3.8) is 0 Å². The minimum Gasteiger partial charge on any atom is -0.334 e. The predicted octanol–water partition coefficient (Wildman–Crippen LogP) is 2.11. The number of aromatic nitrogens is 1. The summed E-state index contributed by atoms with van der Waals surface area (Å²) < 4.78 is 0. The van der Waals surface area contributed by atoms with Gasteiger partial charge in [0.1, 0.15) is 0 Å². The summed E-state index contributed by atoms with van der Waals surface area (Å²) in [5.41, 5.74) is 2.34. The number of hydrogen-bond acceptors (Lipinski definition) is 3. The molecule has 1 aromatic carbocycles. The summed E-state index contributed by atoms with van der Waals surface area (Å²) in [6, 6.07) is 14.3. The third-order valence-corrected chi connectivity index (χ3v) is 4.08. The topological polar surface area (TPSA) is 48.5 Å². The molecule has 0 saturated carbocycles. The van der Waals surface area contributed by atoms with Crippen molar-refractivity contribution in [3.05, 3.63) is 66.0 Å². The van der Waals surface area contributed by atoms with Crippen LogP contribution in [0.15, 0.2) is 54.9 Å². The average molecular weight is 310 g/mol. The summed E-state index contributed by atoms with van der Waals surface area (Å²) in [4.78, 5) is 20.5. The maximum atomic E-state index is 12.2. The smallest absolute Gasteiger partial charge is 0.317 e. The lowest BCUT2D eigenvalue weighted by molar-refractivity contribution is 0.135. The molecule has 5 heteroatoms. The second-order valence-electron chi connectivity index (χ2n) is 5.77. The minimum atomic E-state index is 0.00761. The highest BCUT2D eigenvalue weighted by Gasteiger charge is 2.20. The molecule has 3 rings (SSSR count). The number of rotatable bonds is 4. The van der Waals surface area contributed by atoms with Gasteiger partial charge in [-0.3, -0.25) is 9.88 Å². The lowest BCUT2D eigenvalue weighted by Gasteiger charge is -2.34. The van der Waals surface area contributed by atoms with E-state index in [1.807, 2.05) is 23.1 Å². The monoisotopic (exact) mass is 310 g/mol. The number of carbonyl (C=O) groups excluding carboxylic acids is 1. The quantitative estimate of drug-likeness (QED) is 0.941. The van der Waals surface area contributed by atoms with Crippen molar-refractivity contribution in [2.45, 2.75) is 13.1 Å². The largest absolute Gasteiger partial charge is 0.334 e. The highest BCUT2D eigenvalue weighted by Crippen LogP contribution is 2.08. The summed E-state index contributed by atoms with van der Waals surface area (Å²) in [7, 11) is 0. The van der Waals surface area contributed by atoms with E-state index in [0.717, 1.165) is 38.3 Å². The van der Waals surface area contributed by atoms with Gasteiger partial charge in [-0.05, 0) is 17.2 Å². The zero-order valence-corrected chi connectivity index (χ0v) is 13.2. The van der Waals surface area contributed by atoms with E-state index in [9.17, 15) is 4.79 Å². The van der Waals surface area contributed by atoms with Crippen molar-refractivity contribution in [1.29, 1.82) is 0 Å². The van der Waals surface area contributed by atoms with Crippen LogP contribution in [0.1, 0.15) is 11.1 Å². The van der Waals surface area contributed by atoms with E-state index in [1.54, 1.807) is 12.4 Å². The van der Waals surface area contributed by atoms with Gasteiger partial charge in [-0.25, -0.2) is 4.79 Å². The van der Waals surface area contributed by atoms with Gasteiger partial charge in [0.05, 0.1) is 0 Å². The molecule has 2 amide bonds. The average Bonchev–Trinajstić information content (AvgIpc) is 2.62. The van der Waals surface area contributed by atoms with Crippen LogP contribution >= 0.6 is 0 Å². The molecule has 0 atom stereocenters. The van der Waals surface area contributed by atoms with Crippen molar-refractivity contribution >= 4 is 6.03 Å². The van der Waals surface area contributed by atoms with E-state index in [2.05, 4.69) is 39.5 Å². The van der Waals surface area contributed by atoms with Gasteiger partial charge in [-0.1, -0.05) is 36.4 Å². The fraction of sp³-hybridized carbons (Fsp3) is 0.333. The van der Waals surface area contributed by atoms with Crippen molar-refractivity contribution in [1.82, 2.24) is 20.1 Å². The van der Waals surface area contributed by atoms with Crippen LogP contribution in [-0.2, 0) is 13.1 Å². The Morgan fingerprint density at radius 1 is 1.00 bits per heavy atom. The van der Waals surface area contributed by atoms with Crippen LogP contribution in [0, 0.1) is 0 Å². The number of nitrogens with zero attached hydrogens (tertiary/aromatic N) is 3. The van der Waals surface area contributed by atoms with E-state index in [-0.39, 0.29) is 6.03 Å². The Hall–Kier alpha value is -2.40. The van der Waals surface area contributed by atoms with Crippen LogP contribution in [0.4, 0.5) is 4.79 Å². The van der Waals surface area contributed by atoms with E-state index in [0.29, 0.717) is 6.54 Å². The number of urea groups is 1. The Morgan fingerprint density at radius 2 is 1.74 bits per heavy atom. The molecule has 2 aromatic rings. The van der Waals surface area contributed by atoms with Crippen LogP contribution in [0.5, 0.6) is 0 Å². The molecule has 2 heterocycles. The van der Waals surface area contributed by atoms with E-state index in [1.165, 1.54) is 5.56 Å². The molecule has 1 fully saturated rings. The summed E-state index contributed by atoms with van der Waals surface area (Å²) in [5, 5.41) is 2.96. The third kappa shape index (κ3) is 4.53. The number of hydrogen-bond donors (Lipinski definition) is 1. The Morgan fingerprint density at radius 3 is 2.43 bits per heavy atom. The van der Waals surface area contributed by atoms with Gasteiger partial charge in [0.25, 0.3) is 0 Å². The normalized spacial score (nSPS) is 15.4. The van der Waals surface area contributed by atoms with Crippen molar-refractivity contribution in [2.75, 3.05) is 26.2 Å². The molecule has 0 radical (unpaired) electrons. The molecule has 0 bridgehead atoms. The molecule has 1 aliphatic heterocycles. The lowest BCUT2D eigenvalue weighted by atomic mass is 10.2. The fourth-order valence-electron chi connectivity index (χ4n) is 2.74.